The van der Waals surface area contributed by atoms with Crippen molar-refractivity contribution in [3.63, 3.8) is 0 Å². The maximum atomic E-state index is 12.7. The molecule has 6 nitrogen and oxygen atoms in total. The molecular weight excluding hydrogens is 378 g/mol. The second-order valence-electron chi connectivity index (χ2n) is 7.00. The van der Waals surface area contributed by atoms with Gasteiger partial charge in [0, 0.05) is 24.1 Å². The fraction of sp³-hybridized carbons (Fsp3) is 0.125. The predicted molar refractivity (Wildman–Crippen MR) is 117 cm³/mol. The first-order valence-electron chi connectivity index (χ1n) is 9.75. The molecule has 2 N–H and O–H groups in total. The van der Waals surface area contributed by atoms with E-state index in [1.54, 1.807) is 18.2 Å². The van der Waals surface area contributed by atoms with Crippen LogP contribution in [-0.2, 0) is 14.4 Å². The summed E-state index contributed by atoms with van der Waals surface area (Å²) in [6, 6.07) is 24.5. The third-order valence-electron chi connectivity index (χ3n) is 4.92. The van der Waals surface area contributed by atoms with Crippen molar-refractivity contribution < 1.29 is 14.4 Å². The first kappa shape index (κ1) is 19.4. The molecule has 0 atom stereocenters. The minimum atomic E-state index is -0.260. The van der Waals surface area contributed by atoms with Gasteiger partial charge < -0.3 is 15.5 Å². The fourth-order valence-corrected chi connectivity index (χ4v) is 3.49. The second-order valence-corrected chi connectivity index (χ2v) is 7.00. The molecule has 0 fully saturated rings. The lowest BCUT2D eigenvalue weighted by Gasteiger charge is -2.29. The topological polar surface area (TPSA) is 78.5 Å². The molecule has 3 aromatic rings. The van der Waals surface area contributed by atoms with Crippen LogP contribution in [0.4, 0.5) is 17.1 Å². The van der Waals surface area contributed by atoms with Gasteiger partial charge in [-0.25, -0.2) is 0 Å². The van der Waals surface area contributed by atoms with Crippen molar-refractivity contribution in [3.05, 3.63) is 78.9 Å². The zero-order valence-electron chi connectivity index (χ0n) is 16.3. The van der Waals surface area contributed by atoms with Crippen molar-refractivity contribution in [3.8, 4) is 11.1 Å². The lowest BCUT2D eigenvalue weighted by atomic mass is 10.0. The van der Waals surface area contributed by atoms with Crippen molar-refractivity contribution >= 4 is 34.8 Å². The van der Waals surface area contributed by atoms with Crippen LogP contribution in [0.25, 0.3) is 11.1 Å². The number of nitrogens with zero attached hydrogens (tertiary/aromatic N) is 1. The number of amides is 3. The Morgan fingerprint density at radius 3 is 2.40 bits per heavy atom. The first-order valence-corrected chi connectivity index (χ1v) is 9.75. The molecule has 4 rings (SSSR count). The average Bonchev–Trinajstić information content (AvgIpc) is 2.78. The van der Waals surface area contributed by atoms with Crippen molar-refractivity contribution in [1.29, 1.82) is 0 Å². The van der Waals surface area contributed by atoms with Gasteiger partial charge in [0.2, 0.25) is 17.7 Å². The fourth-order valence-electron chi connectivity index (χ4n) is 3.49. The summed E-state index contributed by atoms with van der Waals surface area (Å²) in [7, 11) is 0. The van der Waals surface area contributed by atoms with Gasteiger partial charge in [0.1, 0.15) is 6.54 Å². The maximum absolute atomic E-state index is 12.7. The van der Waals surface area contributed by atoms with Gasteiger partial charge in [-0.1, -0.05) is 60.7 Å². The van der Waals surface area contributed by atoms with E-state index >= 15 is 0 Å². The van der Waals surface area contributed by atoms with E-state index in [2.05, 4.69) is 10.6 Å². The van der Waals surface area contributed by atoms with Gasteiger partial charge in [0.15, 0.2) is 0 Å². The van der Waals surface area contributed by atoms with E-state index in [0.717, 1.165) is 11.1 Å². The number of nitrogens with one attached hydrogen (secondary N) is 2. The van der Waals surface area contributed by atoms with E-state index in [1.807, 2.05) is 60.7 Å². The van der Waals surface area contributed by atoms with Crippen LogP contribution in [0.5, 0.6) is 0 Å². The SMILES string of the molecule is O=C(CCC(=O)N1CC(=O)Nc2ccccc21)Nc1ccccc1-c1ccccc1. The van der Waals surface area contributed by atoms with Gasteiger partial charge in [0.05, 0.1) is 11.4 Å². The molecule has 0 radical (unpaired) electrons. The lowest BCUT2D eigenvalue weighted by Crippen LogP contribution is -2.42. The van der Waals surface area contributed by atoms with Crippen LogP contribution in [0.1, 0.15) is 12.8 Å². The molecule has 3 aromatic carbocycles. The molecule has 0 aromatic heterocycles. The summed E-state index contributed by atoms with van der Waals surface area (Å²) >= 11 is 0. The van der Waals surface area contributed by atoms with Crippen molar-refractivity contribution in [2.24, 2.45) is 0 Å². The molecule has 0 saturated carbocycles. The Balaban J connectivity index is 1.42. The standard InChI is InChI=1S/C24H21N3O3/c28-22(25-19-11-5-4-10-18(19)17-8-2-1-3-9-17)14-15-24(30)27-16-23(29)26-20-12-6-7-13-21(20)27/h1-13H,14-16H2,(H,25,28)(H,26,29). The Morgan fingerprint density at radius 1 is 0.867 bits per heavy atom. The molecule has 1 aliphatic rings. The van der Waals surface area contributed by atoms with Gasteiger partial charge in [-0.15, -0.1) is 0 Å². The number of hydrogen-bond acceptors (Lipinski definition) is 3. The highest BCUT2D eigenvalue weighted by Crippen LogP contribution is 2.30. The van der Waals surface area contributed by atoms with Gasteiger partial charge in [-0.3, -0.25) is 14.4 Å². The number of carbonyl (C=O) groups excluding carboxylic acids is 3. The average molecular weight is 399 g/mol. The molecule has 6 heteroatoms. The van der Waals surface area contributed by atoms with Crippen molar-refractivity contribution in [1.82, 2.24) is 0 Å². The quantitative estimate of drug-likeness (QED) is 0.679. The predicted octanol–water partition coefficient (Wildman–Crippen LogP) is 4.06. The van der Waals surface area contributed by atoms with Crippen LogP contribution in [0, 0.1) is 0 Å². The number of rotatable bonds is 5. The van der Waals surface area contributed by atoms with Crippen LogP contribution in [0.2, 0.25) is 0 Å². The normalized spacial score (nSPS) is 12.7. The smallest absolute Gasteiger partial charge is 0.244 e. The van der Waals surface area contributed by atoms with Crippen LogP contribution in [0.3, 0.4) is 0 Å². The van der Waals surface area contributed by atoms with E-state index in [-0.39, 0.29) is 37.1 Å². The number of para-hydroxylation sites is 3. The Kier molecular flexibility index (Phi) is 5.57. The van der Waals surface area contributed by atoms with Crippen molar-refractivity contribution in [2.75, 3.05) is 22.1 Å². The summed E-state index contributed by atoms with van der Waals surface area (Å²) in [5, 5.41) is 5.66. The molecular formula is C24H21N3O3. The van der Waals surface area contributed by atoms with Crippen LogP contribution >= 0.6 is 0 Å². The van der Waals surface area contributed by atoms with E-state index in [1.165, 1.54) is 4.90 Å². The summed E-state index contributed by atoms with van der Waals surface area (Å²) in [6.07, 6.45) is 0.0448. The van der Waals surface area contributed by atoms with Crippen LogP contribution in [0.15, 0.2) is 78.9 Å². The number of carbonyl (C=O) groups is 3. The molecule has 0 saturated heterocycles. The maximum Gasteiger partial charge on any atom is 0.244 e. The largest absolute Gasteiger partial charge is 0.326 e. The molecule has 0 spiro atoms. The van der Waals surface area contributed by atoms with E-state index < -0.39 is 0 Å². The summed E-state index contributed by atoms with van der Waals surface area (Å²) in [6.45, 7) is -0.0473. The number of anilines is 3. The Morgan fingerprint density at radius 2 is 1.57 bits per heavy atom. The molecule has 0 unspecified atom stereocenters. The van der Waals surface area contributed by atoms with E-state index in [9.17, 15) is 14.4 Å². The summed E-state index contributed by atoms with van der Waals surface area (Å²) < 4.78 is 0. The van der Waals surface area contributed by atoms with E-state index in [0.29, 0.717) is 17.1 Å². The Bertz CT molecular complexity index is 1100. The zero-order chi connectivity index (χ0) is 20.9. The zero-order valence-corrected chi connectivity index (χ0v) is 16.3. The third-order valence-corrected chi connectivity index (χ3v) is 4.92. The van der Waals surface area contributed by atoms with Gasteiger partial charge in [0.25, 0.3) is 0 Å². The molecule has 30 heavy (non-hydrogen) atoms. The van der Waals surface area contributed by atoms with Crippen LogP contribution in [-0.4, -0.2) is 24.3 Å². The molecule has 0 aliphatic carbocycles. The Labute approximate surface area is 174 Å². The molecule has 0 bridgehead atoms. The first-order chi connectivity index (χ1) is 14.6. The number of benzene rings is 3. The monoisotopic (exact) mass is 399 g/mol. The van der Waals surface area contributed by atoms with Crippen molar-refractivity contribution in [2.45, 2.75) is 12.8 Å². The second kappa shape index (κ2) is 8.61. The third kappa shape index (κ3) is 4.22. The van der Waals surface area contributed by atoms with Gasteiger partial charge >= 0.3 is 0 Å². The number of fused-ring (bicyclic) bond motifs is 1. The summed E-state index contributed by atoms with van der Waals surface area (Å²) in [5.41, 5.74) is 3.86. The highest BCUT2D eigenvalue weighted by molar-refractivity contribution is 6.10. The minimum absolute atomic E-state index is 0.0148. The molecule has 1 heterocycles. The molecule has 150 valence electrons. The Hall–Kier alpha value is -3.93. The highest BCUT2D eigenvalue weighted by atomic mass is 16.2. The lowest BCUT2D eigenvalue weighted by molar-refractivity contribution is -0.124. The molecule has 3 amide bonds. The number of hydrogen-bond donors (Lipinski definition) is 2. The van der Waals surface area contributed by atoms with Gasteiger partial charge in [-0.2, -0.15) is 0 Å². The minimum Gasteiger partial charge on any atom is -0.326 e. The van der Waals surface area contributed by atoms with Crippen LogP contribution < -0.4 is 15.5 Å². The highest BCUT2D eigenvalue weighted by Gasteiger charge is 2.26. The summed E-state index contributed by atoms with van der Waals surface area (Å²) in [4.78, 5) is 38.6. The van der Waals surface area contributed by atoms with E-state index in [4.69, 9.17) is 0 Å². The molecule has 1 aliphatic heterocycles. The van der Waals surface area contributed by atoms with Gasteiger partial charge in [-0.05, 0) is 23.8 Å². The summed E-state index contributed by atoms with van der Waals surface area (Å²) in [5.74, 6) is -0.756.